The Bertz CT molecular complexity index is 598. The van der Waals surface area contributed by atoms with Crippen LogP contribution in [0.5, 0.6) is 11.5 Å². The first-order chi connectivity index (χ1) is 9.72. The summed E-state index contributed by atoms with van der Waals surface area (Å²) < 4.78 is 23.5. The topological polar surface area (TPSA) is 30.5 Å². The number of hydrogen-bond donors (Lipinski definition) is 1. The summed E-state index contributed by atoms with van der Waals surface area (Å²) in [5.74, 6) is 1.37. The second-order valence-corrected chi connectivity index (χ2v) is 4.84. The molecule has 2 aromatic rings. The van der Waals surface area contributed by atoms with Gasteiger partial charge in [0, 0.05) is 12.6 Å². The molecule has 2 aromatic carbocycles. The number of nitrogens with one attached hydrogen (secondary N) is 1. The molecule has 0 aliphatic carbocycles. The molecule has 1 heterocycles. The van der Waals surface area contributed by atoms with E-state index in [0.29, 0.717) is 0 Å². The molecule has 1 aliphatic heterocycles. The maximum absolute atomic E-state index is 12.9. The van der Waals surface area contributed by atoms with E-state index in [4.69, 9.17) is 9.47 Å². The van der Waals surface area contributed by atoms with Crippen molar-refractivity contribution >= 4 is 0 Å². The van der Waals surface area contributed by atoms with E-state index in [1.165, 1.54) is 12.1 Å². The zero-order valence-electron chi connectivity index (χ0n) is 11.2. The Kier molecular flexibility index (Phi) is 3.56. The van der Waals surface area contributed by atoms with Crippen LogP contribution in [0, 0.1) is 5.82 Å². The first-order valence-corrected chi connectivity index (χ1v) is 6.60. The lowest BCUT2D eigenvalue weighted by Crippen LogP contribution is -2.18. The van der Waals surface area contributed by atoms with E-state index in [1.54, 1.807) is 12.1 Å². The van der Waals surface area contributed by atoms with Crippen molar-refractivity contribution < 1.29 is 13.9 Å². The fraction of sp³-hybridized carbons (Fsp3) is 0.250. The highest BCUT2D eigenvalue weighted by atomic mass is 19.1. The summed E-state index contributed by atoms with van der Waals surface area (Å²) in [4.78, 5) is 0. The van der Waals surface area contributed by atoms with Gasteiger partial charge >= 0.3 is 0 Å². The quantitative estimate of drug-likeness (QED) is 0.926. The van der Waals surface area contributed by atoms with E-state index < -0.39 is 0 Å². The van der Waals surface area contributed by atoms with Crippen molar-refractivity contribution in [3.8, 4) is 11.5 Å². The summed E-state index contributed by atoms with van der Waals surface area (Å²) in [6.45, 7) is 3.06. The number of hydrogen-bond acceptors (Lipinski definition) is 3. The van der Waals surface area contributed by atoms with Crippen LogP contribution in [-0.4, -0.2) is 6.79 Å². The van der Waals surface area contributed by atoms with Gasteiger partial charge in [-0.05, 0) is 42.3 Å². The molecule has 1 unspecified atom stereocenters. The minimum atomic E-state index is -0.211. The SMILES string of the molecule is CC(NCc1ccc2c(c1)OCO2)c1ccc(F)cc1. The smallest absolute Gasteiger partial charge is 0.231 e. The molecule has 0 saturated heterocycles. The summed E-state index contributed by atoms with van der Waals surface area (Å²) >= 11 is 0. The zero-order valence-corrected chi connectivity index (χ0v) is 11.2. The van der Waals surface area contributed by atoms with E-state index in [0.717, 1.165) is 29.2 Å². The second kappa shape index (κ2) is 5.51. The van der Waals surface area contributed by atoms with Gasteiger partial charge in [0.25, 0.3) is 0 Å². The maximum atomic E-state index is 12.9. The third-order valence-corrected chi connectivity index (χ3v) is 3.42. The summed E-state index contributed by atoms with van der Waals surface area (Å²) in [5.41, 5.74) is 2.19. The Hall–Kier alpha value is -2.07. The Morgan fingerprint density at radius 3 is 2.65 bits per heavy atom. The minimum absolute atomic E-state index is 0.154. The van der Waals surface area contributed by atoms with E-state index in [1.807, 2.05) is 18.2 Å². The summed E-state index contributed by atoms with van der Waals surface area (Å²) in [5, 5.41) is 3.41. The molecule has 0 aromatic heterocycles. The molecule has 0 radical (unpaired) electrons. The predicted octanol–water partition coefficient (Wildman–Crippen LogP) is 3.41. The van der Waals surface area contributed by atoms with Gasteiger partial charge in [-0.3, -0.25) is 0 Å². The number of ether oxygens (including phenoxy) is 2. The van der Waals surface area contributed by atoms with Gasteiger partial charge in [-0.1, -0.05) is 18.2 Å². The lowest BCUT2D eigenvalue weighted by atomic mass is 10.1. The molecule has 1 N–H and O–H groups in total. The van der Waals surface area contributed by atoms with Crippen LogP contribution in [-0.2, 0) is 6.54 Å². The molecule has 20 heavy (non-hydrogen) atoms. The fourth-order valence-electron chi connectivity index (χ4n) is 2.19. The minimum Gasteiger partial charge on any atom is -0.454 e. The van der Waals surface area contributed by atoms with E-state index in [2.05, 4.69) is 12.2 Å². The molecule has 0 saturated carbocycles. The highest BCUT2D eigenvalue weighted by Gasteiger charge is 2.13. The molecule has 4 heteroatoms. The fourth-order valence-corrected chi connectivity index (χ4v) is 2.19. The molecule has 1 aliphatic rings. The van der Waals surface area contributed by atoms with Crippen molar-refractivity contribution in [2.75, 3.05) is 6.79 Å². The van der Waals surface area contributed by atoms with Gasteiger partial charge in [-0.25, -0.2) is 4.39 Å². The first kappa shape index (κ1) is 12.9. The van der Waals surface area contributed by atoms with E-state index in [9.17, 15) is 4.39 Å². The van der Waals surface area contributed by atoms with Crippen LogP contribution in [0.4, 0.5) is 4.39 Å². The first-order valence-electron chi connectivity index (χ1n) is 6.60. The van der Waals surface area contributed by atoms with Crippen LogP contribution in [0.3, 0.4) is 0 Å². The summed E-state index contributed by atoms with van der Waals surface area (Å²) in [6, 6.07) is 12.6. The molecule has 3 rings (SSSR count). The monoisotopic (exact) mass is 273 g/mol. The Morgan fingerprint density at radius 1 is 1.10 bits per heavy atom. The Balaban J connectivity index is 1.63. The summed E-state index contributed by atoms with van der Waals surface area (Å²) in [6.07, 6.45) is 0. The van der Waals surface area contributed by atoms with Crippen LogP contribution in [0.15, 0.2) is 42.5 Å². The Morgan fingerprint density at radius 2 is 1.85 bits per heavy atom. The average Bonchev–Trinajstić information content (AvgIpc) is 2.93. The van der Waals surface area contributed by atoms with Crippen molar-refractivity contribution in [3.05, 3.63) is 59.4 Å². The van der Waals surface area contributed by atoms with Crippen LogP contribution < -0.4 is 14.8 Å². The molecular formula is C16H16FNO2. The van der Waals surface area contributed by atoms with Crippen LogP contribution >= 0.6 is 0 Å². The largest absolute Gasteiger partial charge is 0.454 e. The van der Waals surface area contributed by atoms with Crippen molar-refractivity contribution in [3.63, 3.8) is 0 Å². The Labute approximate surface area is 117 Å². The molecular weight excluding hydrogens is 257 g/mol. The van der Waals surface area contributed by atoms with Crippen molar-refractivity contribution in [1.29, 1.82) is 0 Å². The van der Waals surface area contributed by atoms with E-state index >= 15 is 0 Å². The third kappa shape index (κ3) is 2.75. The molecule has 0 spiro atoms. The predicted molar refractivity (Wildman–Crippen MR) is 74.2 cm³/mol. The van der Waals surface area contributed by atoms with Crippen molar-refractivity contribution in [1.82, 2.24) is 5.32 Å². The maximum Gasteiger partial charge on any atom is 0.231 e. The van der Waals surface area contributed by atoms with Gasteiger partial charge in [-0.15, -0.1) is 0 Å². The third-order valence-electron chi connectivity index (χ3n) is 3.42. The molecule has 0 amide bonds. The molecule has 3 nitrogen and oxygen atoms in total. The number of halogens is 1. The van der Waals surface area contributed by atoms with Gasteiger partial charge in [0.15, 0.2) is 11.5 Å². The average molecular weight is 273 g/mol. The van der Waals surface area contributed by atoms with Crippen LogP contribution in [0.25, 0.3) is 0 Å². The van der Waals surface area contributed by atoms with Crippen LogP contribution in [0.2, 0.25) is 0 Å². The normalized spacial score (nSPS) is 14.3. The molecule has 0 fully saturated rings. The second-order valence-electron chi connectivity index (χ2n) is 4.84. The summed E-state index contributed by atoms with van der Waals surface area (Å²) in [7, 11) is 0. The zero-order chi connectivity index (χ0) is 13.9. The highest BCUT2D eigenvalue weighted by molar-refractivity contribution is 5.44. The van der Waals surface area contributed by atoms with Gasteiger partial charge in [0.2, 0.25) is 6.79 Å². The van der Waals surface area contributed by atoms with Gasteiger partial charge in [0.05, 0.1) is 0 Å². The van der Waals surface area contributed by atoms with Gasteiger partial charge < -0.3 is 14.8 Å². The van der Waals surface area contributed by atoms with Gasteiger partial charge in [0.1, 0.15) is 5.82 Å². The lowest BCUT2D eigenvalue weighted by Gasteiger charge is -2.14. The highest BCUT2D eigenvalue weighted by Crippen LogP contribution is 2.32. The molecule has 1 atom stereocenters. The number of fused-ring (bicyclic) bond motifs is 1. The van der Waals surface area contributed by atoms with Crippen LogP contribution in [0.1, 0.15) is 24.1 Å². The molecule has 104 valence electrons. The standard InChI is InChI=1S/C16H16FNO2/c1-11(13-3-5-14(17)6-4-13)18-9-12-2-7-15-16(8-12)20-10-19-15/h2-8,11,18H,9-10H2,1H3. The van der Waals surface area contributed by atoms with Crippen molar-refractivity contribution in [2.45, 2.75) is 19.5 Å². The number of benzene rings is 2. The number of rotatable bonds is 4. The van der Waals surface area contributed by atoms with Gasteiger partial charge in [-0.2, -0.15) is 0 Å². The molecule has 0 bridgehead atoms. The van der Waals surface area contributed by atoms with Crippen molar-refractivity contribution in [2.24, 2.45) is 0 Å². The van der Waals surface area contributed by atoms with E-state index in [-0.39, 0.29) is 18.7 Å². The lowest BCUT2D eigenvalue weighted by molar-refractivity contribution is 0.174.